The fraction of sp³-hybridized carbons (Fsp3) is 0.143. The fourth-order valence-electron chi connectivity index (χ4n) is 4.64. The maximum absolute atomic E-state index is 13.7. The summed E-state index contributed by atoms with van der Waals surface area (Å²) < 4.78 is 15.7. The van der Waals surface area contributed by atoms with E-state index in [1.807, 2.05) is 53.9 Å². The van der Waals surface area contributed by atoms with Crippen LogP contribution in [0.5, 0.6) is 0 Å². The summed E-state index contributed by atoms with van der Waals surface area (Å²) in [5.41, 5.74) is 3.11. The van der Waals surface area contributed by atoms with Crippen LogP contribution < -0.4 is 9.62 Å². The Bertz CT molecular complexity index is 1480. The van der Waals surface area contributed by atoms with Crippen molar-refractivity contribution in [1.29, 1.82) is 0 Å². The van der Waals surface area contributed by atoms with E-state index in [9.17, 15) is 9.59 Å². The SMILES string of the molecule is O=C(/C=C/c1cccc2c1N(Cc1ccc3ccccc3c1)C(=O)C21OCCO1)NSc1cccs1. The first-order chi connectivity index (χ1) is 17.6. The molecule has 3 heterocycles. The second-order valence-electron chi connectivity index (χ2n) is 8.46. The fourth-order valence-corrected chi connectivity index (χ4v) is 5.99. The number of rotatable bonds is 6. The minimum absolute atomic E-state index is 0.237. The van der Waals surface area contributed by atoms with Gasteiger partial charge in [-0.1, -0.05) is 60.7 Å². The van der Waals surface area contributed by atoms with E-state index in [4.69, 9.17) is 9.47 Å². The lowest BCUT2D eigenvalue weighted by atomic mass is 10.0. The Labute approximate surface area is 216 Å². The van der Waals surface area contributed by atoms with Crippen molar-refractivity contribution >= 4 is 57.6 Å². The molecule has 0 aliphatic carbocycles. The van der Waals surface area contributed by atoms with Crippen LogP contribution in [0.2, 0.25) is 0 Å². The lowest BCUT2D eigenvalue weighted by molar-refractivity contribution is -0.180. The first-order valence-corrected chi connectivity index (χ1v) is 13.2. The number of thiophene rings is 1. The highest BCUT2D eigenvalue weighted by Gasteiger charge is 2.56. The van der Waals surface area contributed by atoms with E-state index in [-0.39, 0.29) is 11.8 Å². The second kappa shape index (κ2) is 9.55. The molecular weight excluding hydrogens is 492 g/mol. The zero-order chi connectivity index (χ0) is 24.5. The molecule has 1 N–H and O–H groups in total. The number of benzene rings is 3. The molecule has 0 saturated carbocycles. The third-order valence-electron chi connectivity index (χ3n) is 6.23. The Morgan fingerprint density at radius 3 is 2.67 bits per heavy atom. The summed E-state index contributed by atoms with van der Waals surface area (Å²) in [7, 11) is 0. The largest absolute Gasteiger partial charge is 0.336 e. The van der Waals surface area contributed by atoms with Gasteiger partial charge in [0.25, 0.3) is 17.6 Å². The molecule has 6 rings (SSSR count). The molecule has 180 valence electrons. The van der Waals surface area contributed by atoms with Gasteiger partial charge in [-0.15, -0.1) is 11.3 Å². The maximum atomic E-state index is 13.7. The molecule has 3 aromatic carbocycles. The van der Waals surface area contributed by atoms with Gasteiger partial charge in [0.1, 0.15) is 0 Å². The number of carbonyl (C=O) groups excluding carboxylic acids is 2. The van der Waals surface area contributed by atoms with Crippen LogP contribution in [0.4, 0.5) is 5.69 Å². The number of ether oxygens (including phenoxy) is 2. The quantitative estimate of drug-likeness (QED) is 0.272. The lowest BCUT2D eigenvalue weighted by Gasteiger charge is -2.22. The third kappa shape index (κ3) is 4.12. The summed E-state index contributed by atoms with van der Waals surface area (Å²) in [6.07, 6.45) is 3.22. The smallest absolute Gasteiger partial charge is 0.292 e. The minimum atomic E-state index is -1.44. The molecule has 0 atom stereocenters. The average Bonchev–Trinajstić information content (AvgIpc) is 3.65. The number of nitrogens with one attached hydrogen (secondary N) is 1. The van der Waals surface area contributed by atoms with E-state index in [1.165, 1.54) is 18.0 Å². The number of para-hydroxylation sites is 1. The minimum Gasteiger partial charge on any atom is -0.336 e. The van der Waals surface area contributed by atoms with Crippen molar-refractivity contribution < 1.29 is 19.1 Å². The number of anilines is 1. The van der Waals surface area contributed by atoms with Crippen LogP contribution in [0, 0.1) is 0 Å². The van der Waals surface area contributed by atoms with E-state index < -0.39 is 5.79 Å². The van der Waals surface area contributed by atoms with Gasteiger partial charge in [-0.3, -0.25) is 14.3 Å². The van der Waals surface area contributed by atoms with Crippen molar-refractivity contribution in [3.05, 3.63) is 101 Å². The van der Waals surface area contributed by atoms with E-state index in [1.54, 1.807) is 22.3 Å². The van der Waals surface area contributed by atoms with Gasteiger partial charge in [0.15, 0.2) is 0 Å². The third-order valence-corrected chi connectivity index (χ3v) is 8.07. The van der Waals surface area contributed by atoms with Crippen LogP contribution in [0.1, 0.15) is 16.7 Å². The zero-order valence-electron chi connectivity index (χ0n) is 19.2. The Morgan fingerprint density at radius 1 is 1.03 bits per heavy atom. The molecule has 0 bridgehead atoms. The van der Waals surface area contributed by atoms with Gasteiger partial charge in [0, 0.05) is 11.6 Å². The molecule has 2 aliphatic heterocycles. The van der Waals surface area contributed by atoms with E-state index in [0.717, 1.165) is 26.1 Å². The van der Waals surface area contributed by atoms with E-state index in [2.05, 4.69) is 29.0 Å². The number of hydrogen-bond donors (Lipinski definition) is 1. The van der Waals surface area contributed by atoms with Crippen LogP contribution >= 0.6 is 23.3 Å². The van der Waals surface area contributed by atoms with Crippen molar-refractivity contribution in [2.75, 3.05) is 18.1 Å². The Kier molecular flexibility index (Phi) is 6.10. The summed E-state index contributed by atoms with van der Waals surface area (Å²) in [6.45, 7) is 1.05. The molecule has 4 aromatic rings. The van der Waals surface area contributed by atoms with Gasteiger partial charge < -0.3 is 14.4 Å². The summed E-state index contributed by atoms with van der Waals surface area (Å²) in [5.74, 6) is -1.92. The standard InChI is InChI=1S/C28H22N2O4S2/c31-24(29-36-25-9-4-16-35-25)13-12-21-7-3-8-23-26(21)30(27(32)28(23)33-14-15-34-28)18-19-10-11-20-5-1-2-6-22(20)17-19/h1-13,16-17H,14-15,18H2,(H,29,31)/b13-12+. The predicted molar refractivity (Wildman–Crippen MR) is 143 cm³/mol. The van der Waals surface area contributed by atoms with Crippen LogP contribution in [-0.2, 0) is 31.4 Å². The molecule has 1 saturated heterocycles. The summed E-state index contributed by atoms with van der Waals surface area (Å²) in [4.78, 5) is 27.9. The maximum Gasteiger partial charge on any atom is 0.292 e. The monoisotopic (exact) mass is 514 g/mol. The van der Waals surface area contributed by atoms with E-state index in [0.29, 0.717) is 31.0 Å². The molecule has 2 amide bonds. The number of carbonyl (C=O) groups is 2. The highest BCUT2D eigenvalue weighted by molar-refractivity contribution is 7.99. The number of fused-ring (bicyclic) bond motifs is 3. The second-order valence-corrected chi connectivity index (χ2v) is 10.5. The summed E-state index contributed by atoms with van der Waals surface area (Å²) in [6, 6.07) is 23.8. The highest BCUT2D eigenvalue weighted by atomic mass is 32.2. The van der Waals surface area contributed by atoms with Crippen LogP contribution in [-0.4, -0.2) is 25.0 Å². The first kappa shape index (κ1) is 23.0. The number of amides is 2. The van der Waals surface area contributed by atoms with Crippen molar-refractivity contribution in [2.45, 2.75) is 16.5 Å². The van der Waals surface area contributed by atoms with Crippen molar-refractivity contribution in [1.82, 2.24) is 4.72 Å². The molecule has 6 nitrogen and oxygen atoms in total. The van der Waals surface area contributed by atoms with Crippen molar-refractivity contribution in [3.8, 4) is 0 Å². The zero-order valence-corrected chi connectivity index (χ0v) is 20.8. The molecular formula is C28H22N2O4S2. The summed E-state index contributed by atoms with van der Waals surface area (Å²) in [5, 5.41) is 4.21. The van der Waals surface area contributed by atoms with Gasteiger partial charge in [-0.25, -0.2) is 0 Å². The average molecular weight is 515 g/mol. The van der Waals surface area contributed by atoms with Crippen LogP contribution in [0.25, 0.3) is 16.8 Å². The number of hydrogen-bond acceptors (Lipinski definition) is 6. The summed E-state index contributed by atoms with van der Waals surface area (Å²) >= 11 is 2.84. The van der Waals surface area contributed by atoms with Gasteiger partial charge in [0.2, 0.25) is 0 Å². The highest BCUT2D eigenvalue weighted by Crippen LogP contribution is 2.48. The van der Waals surface area contributed by atoms with Gasteiger partial charge in [0.05, 0.1) is 29.7 Å². The topological polar surface area (TPSA) is 67.9 Å². The normalized spacial score (nSPS) is 16.3. The molecule has 1 aromatic heterocycles. The molecule has 1 spiro atoms. The van der Waals surface area contributed by atoms with E-state index >= 15 is 0 Å². The Morgan fingerprint density at radius 2 is 1.86 bits per heavy atom. The van der Waals surface area contributed by atoms with Gasteiger partial charge in [-0.05, 0) is 57.4 Å². The molecule has 8 heteroatoms. The number of nitrogens with zero attached hydrogens (tertiary/aromatic N) is 1. The van der Waals surface area contributed by atoms with Crippen molar-refractivity contribution in [3.63, 3.8) is 0 Å². The van der Waals surface area contributed by atoms with Crippen LogP contribution in [0.3, 0.4) is 0 Å². The molecule has 36 heavy (non-hydrogen) atoms. The first-order valence-electron chi connectivity index (χ1n) is 11.5. The van der Waals surface area contributed by atoms with Gasteiger partial charge >= 0.3 is 0 Å². The lowest BCUT2D eigenvalue weighted by Crippen LogP contribution is -2.40. The van der Waals surface area contributed by atoms with Gasteiger partial charge in [-0.2, -0.15) is 0 Å². The molecule has 1 fully saturated rings. The molecule has 0 radical (unpaired) electrons. The van der Waals surface area contributed by atoms with Crippen molar-refractivity contribution in [2.24, 2.45) is 0 Å². The van der Waals surface area contributed by atoms with Crippen LogP contribution in [0.15, 0.2) is 88.5 Å². The Balaban J connectivity index is 1.33. The molecule has 2 aliphatic rings. The molecule has 0 unspecified atom stereocenters. The Hall–Kier alpha value is -3.43. The predicted octanol–water partition coefficient (Wildman–Crippen LogP) is 5.48.